The summed E-state index contributed by atoms with van der Waals surface area (Å²) in [7, 11) is 0. The van der Waals surface area contributed by atoms with Gasteiger partial charge in [0.15, 0.2) is 0 Å². The van der Waals surface area contributed by atoms with Crippen molar-refractivity contribution in [2.75, 3.05) is 6.54 Å². The predicted molar refractivity (Wildman–Crippen MR) is 104 cm³/mol. The van der Waals surface area contributed by atoms with Crippen LogP contribution < -0.4 is 0 Å². The number of hydrogen-bond donors (Lipinski definition) is 1. The molecule has 1 heterocycles. The molecule has 0 aliphatic carbocycles. The van der Waals surface area contributed by atoms with E-state index >= 15 is 0 Å². The lowest BCUT2D eigenvalue weighted by Crippen LogP contribution is -2.38. The molecule has 3 heteroatoms. The Morgan fingerprint density at radius 1 is 1.08 bits per heavy atom. The van der Waals surface area contributed by atoms with Crippen molar-refractivity contribution in [2.45, 2.75) is 33.7 Å². The fraction of sp³-hybridized carbons (Fsp3) is 0.318. The van der Waals surface area contributed by atoms with Crippen molar-refractivity contribution in [3.05, 3.63) is 71.4 Å². The van der Waals surface area contributed by atoms with Gasteiger partial charge in [0.25, 0.3) is 0 Å². The first-order valence-corrected chi connectivity index (χ1v) is 8.96. The Labute approximate surface area is 149 Å². The van der Waals surface area contributed by atoms with Gasteiger partial charge in [0, 0.05) is 35.1 Å². The molecule has 0 spiro atoms. The van der Waals surface area contributed by atoms with Crippen LogP contribution >= 0.6 is 0 Å². The molecule has 0 aliphatic heterocycles. The third-order valence-corrected chi connectivity index (χ3v) is 4.74. The molecule has 0 radical (unpaired) electrons. The summed E-state index contributed by atoms with van der Waals surface area (Å²) in [4.78, 5) is 18.3. The molecule has 1 aromatic heterocycles. The summed E-state index contributed by atoms with van der Waals surface area (Å²) < 4.78 is 0. The average molecular weight is 334 g/mol. The molecule has 3 rings (SSSR count). The van der Waals surface area contributed by atoms with Crippen molar-refractivity contribution in [1.82, 2.24) is 9.88 Å². The average Bonchev–Trinajstić information content (AvgIpc) is 3.03. The molecule has 130 valence electrons. The van der Waals surface area contributed by atoms with Crippen LogP contribution in [0.5, 0.6) is 0 Å². The highest BCUT2D eigenvalue weighted by molar-refractivity contribution is 5.86. The standard InChI is InChI=1S/C22H26N2O/c1-5-24(22(25)15(2)3)21(17-12-10-16(4)11-13-17)19-14-23-20-9-7-6-8-18(19)20/h6-15,21,23H,5H2,1-4H3. The molecule has 1 atom stereocenters. The normalized spacial score (nSPS) is 12.5. The third-order valence-electron chi connectivity index (χ3n) is 4.74. The molecule has 2 aromatic carbocycles. The number of carbonyl (C=O) groups is 1. The summed E-state index contributed by atoms with van der Waals surface area (Å²) in [6.07, 6.45) is 2.05. The number of carbonyl (C=O) groups excluding carboxylic acids is 1. The molecule has 1 N–H and O–H groups in total. The number of amides is 1. The molecule has 0 bridgehead atoms. The van der Waals surface area contributed by atoms with E-state index in [0.717, 1.165) is 16.6 Å². The molecule has 3 nitrogen and oxygen atoms in total. The van der Waals surface area contributed by atoms with Gasteiger partial charge < -0.3 is 9.88 Å². The van der Waals surface area contributed by atoms with Crippen LogP contribution in [0, 0.1) is 12.8 Å². The van der Waals surface area contributed by atoms with Crippen molar-refractivity contribution in [1.29, 1.82) is 0 Å². The first-order valence-electron chi connectivity index (χ1n) is 8.96. The highest BCUT2D eigenvalue weighted by Crippen LogP contribution is 2.34. The van der Waals surface area contributed by atoms with Crippen molar-refractivity contribution >= 4 is 16.8 Å². The number of aromatic amines is 1. The zero-order valence-corrected chi connectivity index (χ0v) is 15.4. The minimum absolute atomic E-state index is 0.0295. The van der Waals surface area contributed by atoms with E-state index in [1.54, 1.807) is 0 Å². The van der Waals surface area contributed by atoms with Gasteiger partial charge in [-0.15, -0.1) is 0 Å². The SMILES string of the molecule is CCN(C(=O)C(C)C)C(c1ccc(C)cc1)c1c[nH]c2ccccc12. The van der Waals surface area contributed by atoms with Crippen LogP contribution in [0.15, 0.2) is 54.7 Å². The lowest BCUT2D eigenvalue weighted by Gasteiger charge is -2.33. The summed E-state index contributed by atoms with van der Waals surface area (Å²) in [5, 5.41) is 1.17. The number of aromatic nitrogens is 1. The van der Waals surface area contributed by atoms with Crippen LogP contribution in [0.25, 0.3) is 10.9 Å². The maximum atomic E-state index is 12.9. The van der Waals surface area contributed by atoms with E-state index in [9.17, 15) is 4.79 Å². The van der Waals surface area contributed by atoms with Crippen molar-refractivity contribution in [2.24, 2.45) is 5.92 Å². The number of nitrogens with one attached hydrogen (secondary N) is 1. The number of nitrogens with zero attached hydrogens (tertiary/aromatic N) is 1. The highest BCUT2D eigenvalue weighted by Gasteiger charge is 2.28. The van der Waals surface area contributed by atoms with Gasteiger partial charge in [0.1, 0.15) is 0 Å². The number of benzene rings is 2. The summed E-state index contributed by atoms with van der Waals surface area (Å²) >= 11 is 0. The molecular weight excluding hydrogens is 308 g/mol. The van der Waals surface area contributed by atoms with Gasteiger partial charge in [-0.05, 0) is 25.5 Å². The number of fused-ring (bicyclic) bond motifs is 1. The van der Waals surface area contributed by atoms with Gasteiger partial charge in [-0.25, -0.2) is 0 Å². The molecule has 3 aromatic rings. The lowest BCUT2D eigenvalue weighted by molar-refractivity contribution is -0.135. The van der Waals surface area contributed by atoms with E-state index in [-0.39, 0.29) is 17.9 Å². The molecule has 0 saturated heterocycles. The Morgan fingerprint density at radius 2 is 1.76 bits per heavy atom. The zero-order chi connectivity index (χ0) is 18.0. The molecule has 0 aliphatic rings. The van der Waals surface area contributed by atoms with E-state index in [1.807, 2.05) is 37.1 Å². The monoisotopic (exact) mass is 334 g/mol. The number of rotatable bonds is 5. The Balaban J connectivity index is 2.17. The smallest absolute Gasteiger partial charge is 0.225 e. The molecule has 25 heavy (non-hydrogen) atoms. The zero-order valence-electron chi connectivity index (χ0n) is 15.4. The third kappa shape index (κ3) is 3.32. The molecule has 0 saturated carbocycles. The highest BCUT2D eigenvalue weighted by atomic mass is 16.2. The second-order valence-corrected chi connectivity index (χ2v) is 6.88. The Kier molecular flexibility index (Phi) is 4.93. The first kappa shape index (κ1) is 17.3. The van der Waals surface area contributed by atoms with Gasteiger partial charge in [-0.3, -0.25) is 4.79 Å². The van der Waals surface area contributed by atoms with E-state index in [1.165, 1.54) is 10.9 Å². The second-order valence-electron chi connectivity index (χ2n) is 6.88. The van der Waals surface area contributed by atoms with Crippen molar-refractivity contribution < 1.29 is 4.79 Å². The van der Waals surface area contributed by atoms with Gasteiger partial charge in [-0.1, -0.05) is 61.9 Å². The molecule has 1 unspecified atom stereocenters. The largest absolute Gasteiger partial charge is 0.361 e. The Bertz CT molecular complexity index is 861. The minimum atomic E-state index is -0.0864. The van der Waals surface area contributed by atoms with Gasteiger partial charge >= 0.3 is 0 Å². The van der Waals surface area contributed by atoms with Gasteiger partial charge in [0.05, 0.1) is 6.04 Å². The topological polar surface area (TPSA) is 36.1 Å². The van der Waals surface area contributed by atoms with E-state index in [0.29, 0.717) is 6.54 Å². The fourth-order valence-electron chi connectivity index (χ4n) is 3.39. The number of H-pyrrole nitrogens is 1. The summed E-state index contributed by atoms with van der Waals surface area (Å²) in [6, 6.07) is 16.7. The van der Waals surface area contributed by atoms with Crippen molar-refractivity contribution in [3.8, 4) is 0 Å². The van der Waals surface area contributed by atoms with Gasteiger partial charge in [-0.2, -0.15) is 0 Å². The van der Waals surface area contributed by atoms with E-state index in [2.05, 4.69) is 55.2 Å². The number of para-hydroxylation sites is 1. The maximum absolute atomic E-state index is 12.9. The van der Waals surface area contributed by atoms with Crippen LogP contribution in [0.3, 0.4) is 0 Å². The maximum Gasteiger partial charge on any atom is 0.225 e. The van der Waals surface area contributed by atoms with Crippen LogP contribution in [0.4, 0.5) is 0 Å². The second kappa shape index (κ2) is 7.14. The lowest BCUT2D eigenvalue weighted by atomic mass is 9.94. The Hall–Kier alpha value is -2.55. The quantitative estimate of drug-likeness (QED) is 0.695. The van der Waals surface area contributed by atoms with Crippen molar-refractivity contribution in [3.63, 3.8) is 0 Å². The fourth-order valence-corrected chi connectivity index (χ4v) is 3.39. The first-order chi connectivity index (χ1) is 12.0. The van der Waals surface area contributed by atoms with Crippen LogP contribution in [0.1, 0.15) is 43.5 Å². The number of aryl methyl sites for hydroxylation is 1. The summed E-state index contributed by atoms with van der Waals surface area (Å²) in [5.74, 6) is 0.150. The summed E-state index contributed by atoms with van der Waals surface area (Å²) in [6.45, 7) is 8.74. The molecule has 0 fully saturated rings. The van der Waals surface area contributed by atoms with Gasteiger partial charge in [0.2, 0.25) is 5.91 Å². The van der Waals surface area contributed by atoms with Crippen LogP contribution in [0.2, 0.25) is 0 Å². The molecular formula is C22H26N2O. The minimum Gasteiger partial charge on any atom is -0.361 e. The Morgan fingerprint density at radius 3 is 2.40 bits per heavy atom. The van der Waals surface area contributed by atoms with Crippen LogP contribution in [-0.2, 0) is 4.79 Å². The number of hydrogen-bond acceptors (Lipinski definition) is 1. The molecule has 1 amide bonds. The van der Waals surface area contributed by atoms with E-state index < -0.39 is 0 Å². The summed E-state index contributed by atoms with van der Waals surface area (Å²) in [5.41, 5.74) is 4.61. The van der Waals surface area contributed by atoms with Crippen LogP contribution in [-0.4, -0.2) is 22.3 Å². The predicted octanol–water partition coefficient (Wildman–Crippen LogP) is 5.07. The van der Waals surface area contributed by atoms with E-state index in [4.69, 9.17) is 0 Å².